The zero-order valence-electron chi connectivity index (χ0n) is 23.6. The van der Waals surface area contributed by atoms with Gasteiger partial charge in [0.2, 0.25) is 0 Å². The Kier molecular flexibility index (Phi) is 7.49. The van der Waals surface area contributed by atoms with Crippen LogP contribution in [0.1, 0.15) is 119 Å². The molecule has 4 rings (SSSR count). The lowest BCUT2D eigenvalue weighted by molar-refractivity contribution is -0.159. The van der Waals surface area contributed by atoms with E-state index in [4.69, 9.17) is 9.84 Å². The van der Waals surface area contributed by atoms with E-state index in [1.165, 1.54) is 37.7 Å². The van der Waals surface area contributed by atoms with Crippen molar-refractivity contribution in [3.63, 3.8) is 0 Å². The smallest absolute Gasteiger partial charge is 0.306 e. The highest BCUT2D eigenvalue weighted by atomic mass is 16.6. The number of aliphatic carboxylic acids is 1. The van der Waals surface area contributed by atoms with Gasteiger partial charge in [0.15, 0.2) is 0 Å². The van der Waals surface area contributed by atoms with Crippen LogP contribution in [-0.2, 0) is 14.3 Å². The number of hydrogen-bond acceptors (Lipinski definition) is 4. The number of fused-ring (bicyclic) bond motifs is 5. The molecule has 0 heterocycles. The second kappa shape index (κ2) is 9.75. The molecule has 0 aromatic carbocycles. The summed E-state index contributed by atoms with van der Waals surface area (Å²) in [6.45, 7) is 13.4. The summed E-state index contributed by atoms with van der Waals surface area (Å²) >= 11 is 0. The predicted octanol–water partition coefficient (Wildman–Crippen LogP) is 6.92. The number of rotatable bonds is 8. The number of carboxylic acids is 1. The summed E-state index contributed by atoms with van der Waals surface area (Å²) in [4.78, 5) is 22.9. The monoisotopic (exact) mass is 502 g/mol. The van der Waals surface area contributed by atoms with Gasteiger partial charge >= 0.3 is 11.9 Å². The quantitative estimate of drug-likeness (QED) is 0.278. The highest BCUT2D eigenvalue weighted by Crippen LogP contribution is 2.67. The molecule has 0 radical (unpaired) electrons. The van der Waals surface area contributed by atoms with Crippen LogP contribution in [0.15, 0.2) is 11.6 Å². The fourth-order valence-corrected chi connectivity index (χ4v) is 9.18. The van der Waals surface area contributed by atoms with E-state index >= 15 is 0 Å². The van der Waals surface area contributed by atoms with Crippen LogP contribution < -0.4 is 0 Å². The molecular weight excluding hydrogens is 452 g/mol. The van der Waals surface area contributed by atoms with Gasteiger partial charge in [-0.15, -0.1) is 0 Å². The summed E-state index contributed by atoms with van der Waals surface area (Å²) in [6.07, 6.45) is 13.4. The molecule has 3 saturated carbocycles. The third-order valence-corrected chi connectivity index (χ3v) is 11.3. The molecule has 4 aliphatic carbocycles. The van der Waals surface area contributed by atoms with Crippen LogP contribution in [0.5, 0.6) is 0 Å². The molecular formula is C31H50O5. The lowest BCUT2D eigenvalue weighted by atomic mass is 9.46. The van der Waals surface area contributed by atoms with E-state index in [9.17, 15) is 14.7 Å². The average Bonchev–Trinajstić information content (AvgIpc) is 3.13. The molecule has 204 valence electrons. The molecule has 0 aliphatic heterocycles. The first-order chi connectivity index (χ1) is 16.7. The predicted molar refractivity (Wildman–Crippen MR) is 141 cm³/mol. The standard InChI is InChI=1S/C31H50O5/c1-20(13-15-28(2,3)36-27(34)12-11-26(32)33)23-9-10-24-22-8-7-21-19-29(4,35)17-18-30(21,5)25(22)14-16-31(23,24)6/h7,20,22-25,35H,8-19H2,1-6H3,(H,32,33)/t20-,22+,23-,24+,25?,29+,30+,31-/m1/s1. The molecule has 0 spiro atoms. The number of carbonyl (C=O) groups is 2. The topological polar surface area (TPSA) is 83.8 Å². The van der Waals surface area contributed by atoms with Crippen molar-refractivity contribution in [2.45, 2.75) is 130 Å². The van der Waals surface area contributed by atoms with Crippen LogP contribution in [0.2, 0.25) is 0 Å². The third-order valence-electron chi connectivity index (χ3n) is 11.3. The van der Waals surface area contributed by atoms with Crippen molar-refractivity contribution in [3.8, 4) is 0 Å². The molecule has 3 fully saturated rings. The summed E-state index contributed by atoms with van der Waals surface area (Å²) in [5.41, 5.74) is 1.08. The van der Waals surface area contributed by atoms with Gasteiger partial charge in [-0.25, -0.2) is 0 Å². The van der Waals surface area contributed by atoms with Crippen molar-refractivity contribution >= 4 is 11.9 Å². The Hall–Kier alpha value is -1.36. The fourth-order valence-electron chi connectivity index (χ4n) is 9.18. The lowest BCUT2D eigenvalue weighted by Crippen LogP contribution is -2.52. The number of aliphatic hydroxyl groups is 1. The molecule has 0 saturated heterocycles. The maximum Gasteiger partial charge on any atom is 0.306 e. The van der Waals surface area contributed by atoms with Crippen LogP contribution in [0.3, 0.4) is 0 Å². The molecule has 36 heavy (non-hydrogen) atoms. The zero-order chi connectivity index (χ0) is 26.5. The van der Waals surface area contributed by atoms with Crippen molar-refractivity contribution in [1.29, 1.82) is 0 Å². The second-order valence-electron chi connectivity index (χ2n) is 14.3. The van der Waals surface area contributed by atoms with E-state index in [0.717, 1.165) is 49.9 Å². The summed E-state index contributed by atoms with van der Waals surface area (Å²) in [7, 11) is 0. The van der Waals surface area contributed by atoms with Gasteiger partial charge in [-0.2, -0.15) is 0 Å². The largest absolute Gasteiger partial charge is 0.481 e. The van der Waals surface area contributed by atoms with Gasteiger partial charge in [-0.05, 0) is 125 Å². The third kappa shape index (κ3) is 5.28. The van der Waals surface area contributed by atoms with E-state index in [1.54, 1.807) is 0 Å². The lowest BCUT2D eigenvalue weighted by Gasteiger charge is -2.59. The van der Waals surface area contributed by atoms with Crippen molar-refractivity contribution in [1.82, 2.24) is 0 Å². The molecule has 0 aromatic rings. The van der Waals surface area contributed by atoms with Crippen molar-refractivity contribution < 1.29 is 24.5 Å². The maximum atomic E-state index is 12.1. The first kappa shape index (κ1) is 27.7. The van der Waals surface area contributed by atoms with E-state index in [2.05, 4.69) is 26.8 Å². The van der Waals surface area contributed by atoms with E-state index in [1.807, 2.05) is 20.8 Å². The molecule has 5 heteroatoms. The number of carbonyl (C=O) groups excluding carboxylic acids is 1. The second-order valence-corrected chi connectivity index (χ2v) is 14.3. The highest BCUT2D eigenvalue weighted by molar-refractivity contribution is 5.76. The number of carboxylic acid groups (broad SMARTS) is 1. The van der Waals surface area contributed by atoms with Crippen LogP contribution in [0.25, 0.3) is 0 Å². The number of hydrogen-bond donors (Lipinski definition) is 2. The maximum absolute atomic E-state index is 12.1. The Morgan fingerprint density at radius 2 is 1.81 bits per heavy atom. The van der Waals surface area contributed by atoms with Crippen molar-refractivity contribution in [2.24, 2.45) is 40.4 Å². The Morgan fingerprint density at radius 1 is 1.08 bits per heavy atom. The number of ether oxygens (including phenoxy) is 1. The first-order valence-electron chi connectivity index (χ1n) is 14.5. The van der Waals surface area contributed by atoms with E-state index < -0.39 is 23.1 Å². The summed E-state index contributed by atoms with van der Waals surface area (Å²) in [6, 6.07) is 0. The van der Waals surface area contributed by atoms with Gasteiger partial charge in [0.1, 0.15) is 5.60 Å². The van der Waals surface area contributed by atoms with E-state index in [-0.39, 0.29) is 18.3 Å². The molecule has 0 amide bonds. The van der Waals surface area contributed by atoms with Crippen LogP contribution in [0, 0.1) is 40.4 Å². The van der Waals surface area contributed by atoms with Gasteiger partial charge in [-0.1, -0.05) is 32.4 Å². The normalized spacial score (nSPS) is 40.9. The van der Waals surface area contributed by atoms with E-state index in [0.29, 0.717) is 17.3 Å². The Labute approximate surface area is 218 Å². The van der Waals surface area contributed by atoms with Crippen LogP contribution >= 0.6 is 0 Å². The summed E-state index contributed by atoms with van der Waals surface area (Å²) in [5.74, 6) is 2.20. The Morgan fingerprint density at radius 3 is 2.50 bits per heavy atom. The van der Waals surface area contributed by atoms with Gasteiger partial charge in [0, 0.05) is 0 Å². The minimum Gasteiger partial charge on any atom is -0.481 e. The summed E-state index contributed by atoms with van der Waals surface area (Å²) < 4.78 is 5.65. The molecule has 0 aromatic heterocycles. The SMILES string of the molecule is C[C@H](CCC(C)(C)OC(=O)CCC(=O)O)[C@H]1CC[C@H]2[C@@H]3CC=C4C[C@@](C)(O)CC[C@]4(C)C3CC[C@]12C. The van der Waals surface area contributed by atoms with Crippen molar-refractivity contribution in [3.05, 3.63) is 11.6 Å². The average molecular weight is 503 g/mol. The summed E-state index contributed by atoms with van der Waals surface area (Å²) in [5, 5.41) is 19.5. The Balaban J connectivity index is 1.39. The molecule has 5 nitrogen and oxygen atoms in total. The first-order valence-corrected chi connectivity index (χ1v) is 14.5. The van der Waals surface area contributed by atoms with Crippen LogP contribution in [-0.4, -0.2) is 33.4 Å². The molecule has 8 atom stereocenters. The molecule has 1 unspecified atom stereocenters. The minimum absolute atomic E-state index is 0.0636. The van der Waals surface area contributed by atoms with Gasteiger partial charge < -0.3 is 14.9 Å². The van der Waals surface area contributed by atoms with Gasteiger partial charge in [0.25, 0.3) is 0 Å². The molecule has 0 bridgehead atoms. The van der Waals surface area contributed by atoms with Crippen molar-refractivity contribution in [2.75, 3.05) is 0 Å². The minimum atomic E-state index is -0.967. The molecule has 2 N–H and O–H groups in total. The molecule has 4 aliphatic rings. The van der Waals surface area contributed by atoms with Crippen LogP contribution in [0.4, 0.5) is 0 Å². The van der Waals surface area contributed by atoms with Gasteiger partial charge in [-0.3, -0.25) is 9.59 Å². The fraction of sp³-hybridized carbons (Fsp3) is 0.871. The zero-order valence-corrected chi connectivity index (χ0v) is 23.6. The van der Waals surface area contributed by atoms with Gasteiger partial charge in [0.05, 0.1) is 18.4 Å². The number of allylic oxidation sites excluding steroid dienone is 1. The number of esters is 1. The Bertz CT molecular complexity index is 887. The highest BCUT2D eigenvalue weighted by Gasteiger charge is 2.59.